The molecule has 7 heteroatoms. The quantitative estimate of drug-likeness (QED) is 0.860. The fraction of sp³-hybridized carbons (Fsp3) is 0.267. The van der Waals surface area contributed by atoms with E-state index in [1.165, 1.54) is 32.5 Å². The van der Waals surface area contributed by atoms with E-state index in [1.807, 2.05) is 0 Å². The van der Waals surface area contributed by atoms with E-state index in [9.17, 15) is 14.4 Å². The minimum Gasteiger partial charge on any atom is -0.495 e. The number of esters is 2. The molecule has 0 unspecified atom stereocenters. The van der Waals surface area contributed by atoms with Crippen molar-refractivity contribution in [3.05, 3.63) is 39.7 Å². The minimum atomic E-state index is -0.760. The molecule has 0 radical (unpaired) electrons. The molecule has 116 valence electrons. The van der Waals surface area contributed by atoms with Gasteiger partial charge in [-0.15, -0.1) is 0 Å². The lowest BCUT2D eigenvalue weighted by atomic mass is 10.0. The highest BCUT2D eigenvalue weighted by Crippen LogP contribution is 2.25. The number of nitrogens with one attached hydrogen (secondary N) is 1. The zero-order chi connectivity index (χ0) is 16.3. The molecule has 0 amide bonds. The molecule has 1 N–H and O–H groups in total. The maximum atomic E-state index is 12.6. The second kappa shape index (κ2) is 6.30. The molecule has 0 atom stereocenters. The molecule has 0 bridgehead atoms. The van der Waals surface area contributed by atoms with Crippen molar-refractivity contribution in [3.8, 4) is 5.75 Å². The van der Waals surface area contributed by atoms with E-state index in [2.05, 4.69) is 9.72 Å². The summed E-state index contributed by atoms with van der Waals surface area (Å²) in [5.74, 6) is -1.07. The number of fused-ring (bicyclic) bond motifs is 1. The summed E-state index contributed by atoms with van der Waals surface area (Å²) in [6, 6.07) is 2.95. The molecule has 7 nitrogen and oxygen atoms in total. The average molecular weight is 305 g/mol. The van der Waals surface area contributed by atoms with Crippen LogP contribution in [0.15, 0.2) is 23.1 Å². The summed E-state index contributed by atoms with van der Waals surface area (Å²) in [7, 11) is 2.64. The lowest BCUT2D eigenvalue weighted by Crippen LogP contribution is -2.20. The number of ether oxygens (including phenoxy) is 3. The molecule has 2 aromatic rings. The van der Waals surface area contributed by atoms with E-state index in [0.717, 1.165) is 0 Å². The van der Waals surface area contributed by atoms with Crippen LogP contribution in [0.4, 0.5) is 0 Å². The molecule has 0 aliphatic rings. The van der Waals surface area contributed by atoms with E-state index >= 15 is 0 Å². The monoisotopic (exact) mass is 305 g/mol. The first-order chi connectivity index (χ1) is 10.5. The lowest BCUT2D eigenvalue weighted by Gasteiger charge is -2.10. The second-order valence-corrected chi connectivity index (χ2v) is 4.31. The molecule has 0 saturated heterocycles. The number of pyridine rings is 1. The number of hydrogen-bond donors (Lipinski definition) is 1. The van der Waals surface area contributed by atoms with Gasteiger partial charge in [-0.1, -0.05) is 0 Å². The number of methoxy groups -OCH3 is 2. The Morgan fingerprint density at radius 1 is 1.14 bits per heavy atom. The van der Waals surface area contributed by atoms with Gasteiger partial charge in [-0.3, -0.25) is 4.79 Å². The SMILES string of the molecule is CCOC(=O)c1c[nH]c2c(OC)ccc(C(=O)OC)c2c1=O. The molecule has 22 heavy (non-hydrogen) atoms. The van der Waals surface area contributed by atoms with Gasteiger partial charge in [-0.25, -0.2) is 9.59 Å². The average Bonchev–Trinajstić information content (AvgIpc) is 2.53. The maximum absolute atomic E-state index is 12.6. The zero-order valence-electron chi connectivity index (χ0n) is 12.4. The van der Waals surface area contributed by atoms with Gasteiger partial charge in [-0.05, 0) is 19.1 Å². The number of carbonyl (C=O) groups is 2. The predicted molar refractivity (Wildman–Crippen MR) is 78.4 cm³/mol. The summed E-state index contributed by atoms with van der Waals surface area (Å²) >= 11 is 0. The Hall–Kier alpha value is -2.83. The number of aromatic amines is 1. The largest absolute Gasteiger partial charge is 0.495 e. The number of aromatic nitrogens is 1. The number of H-pyrrole nitrogens is 1. The molecule has 2 rings (SSSR count). The highest BCUT2D eigenvalue weighted by atomic mass is 16.5. The first kappa shape index (κ1) is 15.6. The highest BCUT2D eigenvalue weighted by molar-refractivity contribution is 6.06. The van der Waals surface area contributed by atoms with Crippen LogP contribution in [0, 0.1) is 0 Å². The molecule has 1 aromatic carbocycles. The van der Waals surface area contributed by atoms with Gasteiger partial charge >= 0.3 is 11.9 Å². The Morgan fingerprint density at radius 3 is 2.45 bits per heavy atom. The second-order valence-electron chi connectivity index (χ2n) is 4.31. The third-order valence-electron chi connectivity index (χ3n) is 3.12. The Kier molecular flexibility index (Phi) is 4.45. The van der Waals surface area contributed by atoms with Crippen molar-refractivity contribution < 1.29 is 23.8 Å². The Balaban J connectivity index is 2.83. The van der Waals surface area contributed by atoms with Gasteiger partial charge in [-0.2, -0.15) is 0 Å². The van der Waals surface area contributed by atoms with Crippen molar-refractivity contribution in [1.82, 2.24) is 4.98 Å². The molecular weight excluding hydrogens is 290 g/mol. The summed E-state index contributed by atoms with van der Waals surface area (Å²) in [5, 5.41) is 0.0248. The third kappa shape index (κ3) is 2.52. The van der Waals surface area contributed by atoms with Crippen LogP contribution >= 0.6 is 0 Å². The summed E-state index contributed by atoms with van der Waals surface area (Å²) in [5.41, 5.74) is -0.451. The predicted octanol–water partition coefficient (Wildman–Crippen LogP) is 1.50. The number of carbonyl (C=O) groups excluding carboxylic acids is 2. The Bertz CT molecular complexity index is 792. The van der Waals surface area contributed by atoms with Crippen molar-refractivity contribution in [2.75, 3.05) is 20.8 Å². The fourth-order valence-electron chi connectivity index (χ4n) is 2.12. The molecule has 0 spiro atoms. The van der Waals surface area contributed by atoms with Gasteiger partial charge in [0.05, 0.1) is 37.3 Å². The van der Waals surface area contributed by atoms with Crippen LogP contribution in [0.5, 0.6) is 5.75 Å². The molecule has 0 fully saturated rings. The van der Waals surface area contributed by atoms with Gasteiger partial charge < -0.3 is 19.2 Å². The van der Waals surface area contributed by atoms with E-state index in [-0.39, 0.29) is 23.1 Å². The van der Waals surface area contributed by atoms with Crippen LogP contribution in [0.25, 0.3) is 10.9 Å². The summed E-state index contributed by atoms with van der Waals surface area (Å²) in [6.45, 7) is 1.77. The first-order valence-electron chi connectivity index (χ1n) is 6.53. The fourth-order valence-corrected chi connectivity index (χ4v) is 2.12. The van der Waals surface area contributed by atoms with Crippen molar-refractivity contribution in [2.45, 2.75) is 6.92 Å². The summed E-state index contributed by atoms with van der Waals surface area (Å²) in [6.07, 6.45) is 1.24. The molecular formula is C15H15NO6. The van der Waals surface area contributed by atoms with Crippen LogP contribution < -0.4 is 10.2 Å². The minimum absolute atomic E-state index is 0.0248. The first-order valence-corrected chi connectivity index (χ1v) is 6.53. The van der Waals surface area contributed by atoms with Crippen LogP contribution in [-0.2, 0) is 9.47 Å². The smallest absolute Gasteiger partial charge is 0.343 e. The van der Waals surface area contributed by atoms with Gasteiger partial charge in [0.2, 0.25) is 5.43 Å². The standard InChI is InChI=1S/C15H15NO6/c1-4-22-15(19)9-7-16-12-10(20-2)6-5-8(14(18)21-3)11(12)13(9)17/h5-7H,4H2,1-3H3,(H,16,17). The van der Waals surface area contributed by atoms with Crippen molar-refractivity contribution in [1.29, 1.82) is 0 Å². The lowest BCUT2D eigenvalue weighted by molar-refractivity contribution is 0.0523. The topological polar surface area (TPSA) is 94.7 Å². The van der Waals surface area contributed by atoms with Gasteiger partial charge in [0.25, 0.3) is 0 Å². The highest BCUT2D eigenvalue weighted by Gasteiger charge is 2.21. The third-order valence-corrected chi connectivity index (χ3v) is 3.12. The molecule has 0 aliphatic carbocycles. The molecule has 0 saturated carbocycles. The van der Waals surface area contributed by atoms with E-state index in [4.69, 9.17) is 9.47 Å². The summed E-state index contributed by atoms with van der Waals surface area (Å²) < 4.78 is 14.7. The van der Waals surface area contributed by atoms with E-state index < -0.39 is 17.4 Å². The van der Waals surface area contributed by atoms with Crippen molar-refractivity contribution in [2.24, 2.45) is 0 Å². The maximum Gasteiger partial charge on any atom is 0.343 e. The number of rotatable bonds is 4. The van der Waals surface area contributed by atoms with Crippen molar-refractivity contribution in [3.63, 3.8) is 0 Å². The molecule has 1 heterocycles. The van der Waals surface area contributed by atoms with Crippen LogP contribution in [0.3, 0.4) is 0 Å². The van der Waals surface area contributed by atoms with Gasteiger partial charge in [0, 0.05) is 6.20 Å². The number of hydrogen-bond acceptors (Lipinski definition) is 6. The Labute approximate surface area is 125 Å². The van der Waals surface area contributed by atoms with Gasteiger partial charge in [0.1, 0.15) is 11.3 Å². The van der Waals surface area contributed by atoms with E-state index in [0.29, 0.717) is 11.3 Å². The van der Waals surface area contributed by atoms with Crippen LogP contribution in [0.2, 0.25) is 0 Å². The Morgan fingerprint density at radius 2 is 1.86 bits per heavy atom. The normalized spacial score (nSPS) is 10.3. The zero-order valence-corrected chi connectivity index (χ0v) is 12.4. The van der Waals surface area contributed by atoms with Crippen molar-refractivity contribution >= 4 is 22.8 Å². The van der Waals surface area contributed by atoms with Gasteiger partial charge in [0.15, 0.2) is 0 Å². The summed E-state index contributed by atoms with van der Waals surface area (Å²) in [4.78, 5) is 39.1. The molecule has 0 aliphatic heterocycles. The van der Waals surface area contributed by atoms with Crippen LogP contribution in [0.1, 0.15) is 27.6 Å². The molecule has 1 aromatic heterocycles. The van der Waals surface area contributed by atoms with Crippen LogP contribution in [-0.4, -0.2) is 37.7 Å². The number of benzene rings is 1. The van der Waals surface area contributed by atoms with E-state index in [1.54, 1.807) is 6.92 Å².